The van der Waals surface area contributed by atoms with Crippen molar-refractivity contribution in [1.29, 1.82) is 0 Å². The minimum Gasteiger partial charge on any atom is -0.388 e. The minimum absolute atomic E-state index is 0.153. The first-order chi connectivity index (χ1) is 31.4. The standard InChI is InChI=1S/C52H66F12O6/c1-31(15-13-23-47(69,49(53,54)55)50(56,57)58)43(9)25-21-37(41(43,5)6)19-11-17-35-27-45(67,29-39(65)33(35)3)46(68)28-36(34(4)40(66)30-46)18-12-20-38-22-26-44(10,42(38,7)8)32(2)16-14-24-48(70,51(59,60)61)52(62,63)64/h11-12,17-20,31-32,37-40,65-70H,3-4,15-16,21-22,25-30H2,1-2,5-10H3/t31-,32+,37-,38-,39+,40+,43-,44-,45-,46+/m1/s1. The van der Waals surface area contributed by atoms with Gasteiger partial charge in [0.15, 0.2) is 0 Å². The molecule has 0 saturated heterocycles. The molecule has 0 amide bonds. The summed E-state index contributed by atoms with van der Waals surface area (Å²) in [5.74, 6) is 4.68. The Labute approximate surface area is 402 Å². The van der Waals surface area contributed by atoms with E-state index < -0.39 is 92.8 Å². The number of aliphatic hydroxyl groups is 6. The second-order valence-electron chi connectivity index (χ2n) is 21.9. The van der Waals surface area contributed by atoms with Crippen molar-refractivity contribution < 1.29 is 83.3 Å². The van der Waals surface area contributed by atoms with Crippen LogP contribution in [0.4, 0.5) is 52.7 Å². The molecule has 6 N–H and O–H groups in total. The molecule has 0 aromatic carbocycles. The lowest BCUT2D eigenvalue weighted by molar-refractivity contribution is -0.344. The predicted molar refractivity (Wildman–Crippen MR) is 240 cm³/mol. The van der Waals surface area contributed by atoms with Crippen LogP contribution in [0.25, 0.3) is 0 Å². The first-order valence-corrected chi connectivity index (χ1v) is 23.1. The topological polar surface area (TPSA) is 121 Å². The van der Waals surface area contributed by atoms with Crippen molar-refractivity contribution in [3.63, 3.8) is 0 Å². The van der Waals surface area contributed by atoms with Gasteiger partial charge in [0, 0.05) is 38.5 Å². The Morgan fingerprint density at radius 1 is 0.571 bits per heavy atom. The van der Waals surface area contributed by atoms with Gasteiger partial charge in [0.1, 0.15) is 11.2 Å². The zero-order chi connectivity index (χ0) is 53.9. The van der Waals surface area contributed by atoms with Crippen LogP contribution in [-0.2, 0) is 0 Å². The Bertz CT molecular complexity index is 2060. The molecule has 4 fully saturated rings. The van der Waals surface area contributed by atoms with Gasteiger partial charge in [-0.3, -0.25) is 0 Å². The molecule has 0 radical (unpaired) electrons. The lowest BCUT2D eigenvalue weighted by Gasteiger charge is -2.51. The van der Waals surface area contributed by atoms with Crippen LogP contribution in [0, 0.1) is 69.0 Å². The third-order valence-electron chi connectivity index (χ3n) is 17.7. The molecule has 6 nitrogen and oxygen atoms in total. The van der Waals surface area contributed by atoms with Crippen LogP contribution in [0.1, 0.15) is 120 Å². The third-order valence-corrected chi connectivity index (χ3v) is 17.7. The van der Waals surface area contributed by atoms with Crippen LogP contribution in [0.2, 0.25) is 0 Å². The summed E-state index contributed by atoms with van der Waals surface area (Å²) in [6, 6.07) is 0. The van der Waals surface area contributed by atoms with Crippen molar-refractivity contribution in [2.75, 3.05) is 0 Å². The average Bonchev–Trinajstić information content (AvgIpc) is 3.58. The molecule has 0 bridgehead atoms. The maximum atomic E-state index is 13.2. The molecule has 0 aliphatic heterocycles. The lowest BCUT2D eigenvalue weighted by Crippen LogP contribution is -2.61. The average molecular weight is 1020 g/mol. The first-order valence-electron chi connectivity index (χ1n) is 23.1. The molecule has 0 spiro atoms. The molecule has 0 aromatic heterocycles. The van der Waals surface area contributed by atoms with Gasteiger partial charge in [0.25, 0.3) is 0 Å². The van der Waals surface area contributed by atoms with E-state index in [9.17, 15) is 83.3 Å². The summed E-state index contributed by atoms with van der Waals surface area (Å²) in [7, 11) is 0. The Morgan fingerprint density at radius 3 is 1.13 bits per heavy atom. The quantitative estimate of drug-likeness (QED) is 0.101. The van der Waals surface area contributed by atoms with Crippen molar-refractivity contribution in [3.8, 4) is 23.7 Å². The molecule has 0 aromatic rings. The lowest BCUT2D eigenvalue weighted by atomic mass is 9.59. The molecule has 0 heterocycles. The van der Waals surface area contributed by atoms with E-state index in [2.05, 4.69) is 13.2 Å². The smallest absolute Gasteiger partial charge is 0.388 e. The normalized spacial score (nSPS) is 34.5. The number of allylic oxidation sites excluding steroid dienone is 6. The summed E-state index contributed by atoms with van der Waals surface area (Å²) in [5.41, 5.74) is -15.3. The largest absolute Gasteiger partial charge is 0.438 e. The number of aliphatic hydroxyl groups excluding tert-OH is 2. The van der Waals surface area contributed by atoms with Crippen molar-refractivity contribution in [1.82, 2.24) is 0 Å². The van der Waals surface area contributed by atoms with Crippen LogP contribution >= 0.6 is 0 Å². The minimum atomic E-state index is -6.06. The molecule has 4 aliphatic carbocycles. The summed E-state index contributed by atoms with van der Waals surface area (Å²) >= 11 is 0. The fraction of sp³-hybridized carbons (Fsp3) is 0.692. The highest BCUT2D eigenvalue weighted by molar-refractivity contribution is 5.44. The maximum absolute atomic E-state index is 13.2. The summed E-state index contributed by atoms with van der Waals surface area (Å²) in [5, 5.41) is 65.8. The highest BCUT2D eigenvalue weighted by Crippen LogP contribution is 2.62. The monoisotopic (exact) mass is 1010 g/mol. The Morgan fingerprint density at radius 2 is 0.857 bits per heavy atom. The van der Waals surface area contributed by atoms with E-state index in [0.29, 0.717) is 36.8 Å². The van der Waals surface area contributed by atoms with Crippen molar-refractivity contribution in [3.05, 3.63) is 71.9 Å². The van der Waals surface area contributed by atoms with E-state index in [1.807, 2.05) is 65.5 Å². The SMILES string of the molecule is C=C1C(=CC=C[C@@H]2CC[C@](C)([C@H](C)CC#CC(O)(C(F)(F)F)C(F)(F)F)C2(C)C)C[C@](O)([C@]2(O)CC(=CC=C[C@@H]3CC[C@](C)([C@@H](C)CC#CC(O)(C(F)(F)F)C(F)(F)F)C3(C)C)C(=C)[C@@H](O)C2)C[C@@H]1O. The van der Waals surface area contributed by atoms with Gasteiger partial charge in [0.2, 0.25) is 0 Å². The Hall–Kier alpha value is -3.52. The molecule has 4 saturated carbocycles. The van der Waals surface area contributed by atoms with E-state index in [-0.39, 0.29) is 61.5 Å². The van der Waals surface area contributed by atoms with Crippen molar-refractivity contribution >= 4 is 0 Å². The van der Waals surface area contributed by atoms with Gasteiger partial charge in [-0.1, -0.05) is 117 Å². The second kappa shape index (κ2) is 19.4. The molecule has 70 heavy (non-hydrogen) atoms. The van der Waals surface area contributed by atoms with Crippen LogP contribution in [-0.4, -0.2) is 90.0 Å². The fourth-order valence-electron chi connectivity index (χ4n) is 11.2. The summed E-state index contributed by atoms with van der Waals surface area (Å²) < 4.78 is 158. The van der Waals surface area contributed by atoms with E-state index >= 15 is 0 Å². The molecule has 18 heteroatoms. The van der Waals surface area contributed by atoms with Gasteiger partial charge in [-0.15, -0.1) is 0 Å². The number of halogens is 12. The number of rotatable bonds is 9. The maximum Gasteiger partial charge on any atom is 0.438 e. The van der Waals surface area contributed by atoms with Crippen LogP contribution in [0.5, 0.6) is 0 Å². The first kappa shape index (κ1) is 59.0. The van der Waals surface area contributed by atoms with Gasteiger partial charge in [-0.05, 0) is 105 Å². The van der Waals surface area contributed by atoms with Crippen LogP contribution in [0.3, 0.4) is 0 Å². The van der Waals surface area contributed by atoms with E-state index in [0.717, 1.165) is 11.8 Å². The molecular weight excluding hydrogens is 949 g/mol. The van der Waals surface area contributed by atoms with E-state index in [1.165, 1.54) is 0 Å². The Balaban J connectivity index is 1.51. The third kappa shape index (κ3) is 10.5. The summed E-state index contributed by atoms with van der Waals surface area (Å²) in [4.78, 5) is 0. The van der Waals surface area contributed by atoms with Gasteiger partial charge < -0.3 is 30.6 Å². The highest BCUT2D eigenvalue weighted by Gasteiger charge is 2.71. The summed E-state index contributed by atoms with van der Waals surface area (Å²) in [6.07, 6.45) is -15.8. The summed E-state index contributed by atoms with van der Waals surface area (Å²) in [6.45, 7) is 22.9. The Kier molecular flexibility index (Phi) is 16.4. The van der Waals surface area contributed by atoms with Crippen LogP contribution < -0.4 is 0 Å². The molecule has 10 atom stereocenters. The molecule has 394 valence electrons. The molecular formula is C52H66F12O6. The molecule has 4 aliphatic rings. The van der Waals surface area contributed by atoms with Gasteiger partial charge in [-0.2, -0.15) is 52.7 Å². The number of alkyl halides is 12. The molecule has 0 unspecified atom stereocenters. The van der Waals surface area contributed by atoms with E-state index in [4.69, 9.17) is 0 Å². The molecule has 4 rings (SSSR count). The van der Waals surface area contributed by atoms with Crippen molar-refractivity contribution in [2.24, 2.45) is 45.3 Å². The number of hydrogen-bond donors (Lipinski definition) is 6. The number of hydrogen-bond acceptors (Lipinski definition) is 6. The van der Waals surface area contributed by atoms with Gasteiger partial charge >= 0.3 is 35.9 Å². The van der Waals surface area contributed by atoms with E-state index in [1.54, 1.807) is 38.2 Å². The highest BCUT2D eigenvalue weighted by atomic mass is 19.4. The van der Waals surface area contributed by atoms with Gasteiger partial charge in [-0.25, -0.2) is 0 Å². The fourth-order valence-corrected chi connectivity index (χ4v) is 11.2. The van der Waals surface area contributed by atoms with Gasteiger partial charge in [0.05, 0.1) is 12.2 Å². The zero-order valence-corrected chi connectivity index (χ0v) is 40.6. The van der Waals surface area contributed by atoms with Crippen molar-refractivity contribution in [2.45, 2.75) is 179 Å². The van der Waals surface area contributed by atoms with Crippen LogP contribution in [0.15, 0.2) is 71.9 Å². The second-order valence-corrected chi connectivity index (χ2v) is 21.9. The predicted octanol–water partition coefficient (Wildman–Crippen LogP) is 11.5. The zero-order valence-electron chi connectivity index (χ0n) is 40.6.